The number of rotatable bonds is 5. The van der Waals surface area contributed by atoms with Crippen LogP contribution >= 0.6 is 0 Å². The average Bonchev–Trinajstić information content (AvgIpc) is 2.41. The van der Waals surface area contributed by atoms with Gasteiger partial charge in [0.2, 0.25) is 0 Å². The number of nitrogens with zero attached hydrogens (tertiary/aromatic N) is 1. The molecule has 0 amide bonds. The van der Waals surface area contributed by atoms with Gasteiger partial charge in [0.05, 0.1) is 0 Å². The maximum atomic E-state index is 13.7. The molecule has 0 spiro atoms. The van der Waals surface area contributed by atoms with Crippen molar-refractivity contribution in [1.82, 2.24) is 4.90 Å². The maximum absolute atomic E-state index is 13.7. The van der Waals surface area contributed by atoms with Crippen molar-refractivity contribution in [3.05, 3.63) is 29.6 Å². The van der Waals surface area contributed by atoms with Gasteiger partial charge < -0.3 is 9.64 Å². The van der Waals surface area contributed by atoms with Gasteiger partial charge in [0, 0.05) is 13.1 Å². The quantitative estimate of drug-likeness (QED) is 0.803. The van der Waals surface area contributed by atoms with Crippen molar-refractivity contribution < 1.29 is 9.13 Å². The molecule has 0 saturated carbocycles. The predicted octanol–water partition coefficient (Wildman–Crippen LogP) is 3.78. The predicted molar refractivity (Wildman–Crippen MR) is 76.1 cm³/mol. The molecule has 1 fully saturated rings. The third-order valence-corrected chi connectivity index (χ3v) is 3.74. The van der Waals surface area contributed by atoms with Crippen LogP contribution in [0.5, 0.6) is 5.75 Å². The molecular weight excluding hydrogens is 241 g/mol. The highest BCUT2D eigenvalue weighted by Crippen LogP contribution is 2.23. The SMILES string of the molecule is CCCCN1CCC(Oc2ccc(C)cc2F)CC1. The lowest BCUT2D eigenvalue weighted by Gasteiger charge is -2.32. The van der Waals surface area contributed by atoms with E-state index in [0.29, 0.717) is 5.75 Å². The third kappa shape index (κ3) is 4.20. The fourth-order valence-corrected chi connectivity index (χ4v) is 2.51. The summed E-state index contributed by atoms with van der Waals surface area (Å²) >= 11 is 0. The van der Waals surface area contributed by atoms with Crippen molar-refractivity contribution in [3.63, 3.8) is 0 Å². The summed E-state index contributed by atoms with van der Waals surface area (Å²) < 4.78 is 19.5. The Labute approximate surface area is 115 Å². The fraction of sp³-hybridized carbons (Fsp3) is 0.625. The molecule has 0 aromatic heterocycles. The van der Waals surface area contributed by atoms with Crippen molar-refractivity contribution in [3.8, 4) is 5.75 Å². The summed E-state index contributed by atoms with van der Waals surface area (Å²) in [6.45, 7) is 7.42. The summed E-state index contributed by atoms with van der Waals surface area (Å²) in [6.07, 6.45) is 4.66. The van der Waals surface area contributed by atoms with Crippen LogP contribution in [0.2, 0.25) is 0 Å². The molecule has 0 radical (unpaired) electrons. The van der Waals surface area contributed by atoms with E-state index in [0.717, 1.165) is 31.5 Å². The summed E-state index contributed by atoms with van der Waals surface area (Å²) in [4.78, 5) is 2.48. The molecule has 1 heterocycles. The van der Waals surface area contributed by atoms with Gasteiger partial charge in [-0.2, -0.15) is 0 Å². The molecule has 3 heteroatoms. The second-order valence-corrected chi connectivity index (χ2v) is 5.45. The van der Waals surface area contributed by atoms with E-state index in [1.807, 2.05) is 13.0 Å². The number of benzene rings is 1. The standard InChI is InChI=1S/C16H24FNO/c1-3-4-9-18-10-7-14(8-11-18)19-16-6-5-13(2)12-15(16)17/h5-6,12,14H,3-4,7-11H2,1-2H3. The van der Waals surface area contributed by atoms with Crippen LogP contribution in [0.4, 0.5) is 4.39 Å². The molecule has 1 aromatic rings. The first kappa shape index (κ1) is 14.3. The first-order valence-corrected chi connectivity index (χ1v) is 7.34. The Morgan fingerprint density at radius 1 is 1.32 bits per heavy atom. The van der Waals surface area contributed by atoms with Gasteiger partial charge in [-0.05, 0) is 50.4 Å². The largest absolute Gasteiger partial charge is 0.487 e. The summed E-state index contributed by atoms with van der Waals surface area (Å²) in [7, 11) is 0. The molecule has 1 aliphatic rings. The van der Waals surface area contributed by atoms with Gasteiger partial charge in [-0.1, -0.05) is 19.4 Å². The first-order chi connectivity index (χ1) is 9.19. The maximum Gasteiger partial charge on any atom is 0.165 e. The number of hydrogen-bond acceptors (Lipinski definition) is 2. The highest BCUT2D eigenvalue weighted by atomic mass is 19.1. The summed E-state index contributed by atoms with van der Waals surface area (Å²) in [6, 6.07) is 5.18. The van der Waals surface area contributed by atoms with Gasteiger partial charge in [-0.15, -0.1) is 0 Å². The lowest BCUT2D eigenvalue weighted by Crippen LogP contribution is -2.38. The fourth-order valence-electron chi connectivity index (χ4n) is 2.51. The van der Waals surface area contributed by atoms with Crippen LogP contribution in [0.25, 0.3) is 0 Å². The number of ether oxygens (including phenoxy) is 1. The molecular formula is C16H24FNO. The second kappa shape index (κ2) is 6.90. The highest BCUT2D eigenvalue weighted by molar-refractivity contribution is 5.28. The molecule has 2 nitrogen and oxygen atoms in total. The highest BCUT2D eigenvalue weighted by Gasteiger charge is 2.20. The van der Waals surface area contributed by atoms with Crippen LogP contribution in [0.1, 0.15) is 38.2 Å². The molecule has 19 heavy (non-hydrogen) atoms. The molecule has 1 aliphatic heterocycles. The Balaban J connectivity index is 1.82. The monoisotopic (exact) mass is 265 g/mol. The van der Waals surface area contributed by atoms with E-state index in [2.05, 4.69) is 11.8 Å². The minimum Gasteiger partial charge on any atom is -0.487 e. The van der Waals surface area contributed by atoms with E-state index >= 15 is 0 Å². The van der Waals surface area contributed by atoms with Crippen molar-refractivity contribution in [2.75, 3.05) is 19.6 Å². The Kier molecular flexibility index (Phi) is 5.20. The molecule has 0 aliphatic carbocycles. The van der Waals surface area contributed by atoms with Crippen LogP contribution in [0.3, 0.4) is 0 Å². The van der Waals surface area contributed by atoms with Gasteiger partial charge in [0.25, 0.3) is 0 Å². The summed E-state index contributed by atoms with van der Waals surface area (Å²) in [5.41, 5.74) is 0.930. The number of aryl methyl sites for hydroxylation is 1. The van der Waals surface area contributed by atoms with Gasteiger partial charge in [0.1, 0.15) is 6.10 Å². The number of likely N-dealkylation sites (tertiary alicyclic amines) is 1. The number of halogens is 1. The van der Waals surface area contributed by atoms with E-state index < -0.39 is 0 Å². The van der Waals surface area contributed by atoms with Crippen LogP contribution in [0, 0.1) is 12.7 Å². The normalized spacial score (nSPS) is 17.6. The van der Waals surface area contributed by atoms with Gasteiger partial charge >= 0.3 is 0 Å². The van der Waals surface area contributed by atoms with Crippen molar-refractivity contribution in [1.29, 1.82) is 0 Å². The zero-order valence-corrected chi connectivity index (χ0v) is 12.0. The Bertz CT molecular complexity index is 400. The lowest BCUT2D eigenvalue weighted by molar-refractivity contribution is 0.0964. The van der Waals surface area contributed by atoms with Gasteiger partial charge in [0.15, 0.2) is 11.6 Å². The van der Waals surface area contributed by atoms with E-state index in [1.165, 1.54) is 25.5 Å². The van der Waals surface area contributed by atoms with Crippen LogP contribution < -0.4 is 4.74 Å². The molecule has 106 valence electrons. The smallest absolute Gasteiger partial charge is 0.165 e. The molecule has 0 N–H and O–H groups in total. The molecule has 1 aromatic carbocycles. The van der Waals surface area contributed by atoms with Crippen molar-refractivity contribution in [2.24, 2.45) is 0 Å². The van der Waals surface area contributed by atoms with E-state index in [1.54, 1.807) is 6.07 Å². The molecule has 2 rings (SSSR count). The summed E-state index contributed by atoms with van der Waals surface area (Å²) in [5.74, 6) is 0.158. The number of hydrogen-bond donors (Lipinski definition) is 0. The molecule has 1 saturated heterocycles. The first-order valence-electron chi connectivity index (χ1n) is 7.34. The third-order valence-electron chi connectivity index (χ3n) is 3.74. The van der Waals surface area contributed by atoms with E-state index in [9.17, 15) is 4.39 Å². The van der Waals surface area contributed by atoms with Crippen LogP contribution in [-0.2, 0) is 0 Å². The Morgan fingerprint density at radius 2 is 2.05 bits per heavy atom. The Hall–Kier alpha value is -1.09. The topological polar surface area (TPSA) is 12.5 Å². The Morgan fingerprint density at radius 3 is 2.68 bits per heavy atom. The van der Waals surface area contributed by atoms with Gasteiger partial charge in [-0.25, -0.2) is 4.39 Å². The van der Waals surface area contributed by atoms with Crippen LogP contribution in [0.15, 0.2) is 18.2 Å². The average molecular weight is 265 g/mol. The zero-order chi connectivity index (χ0) is 13.7. The van der Waals surface area contributed by atoms with Crippen LogP contribution in [-0.4, -0.2) is 30.6 Å². The molecule has 0 unspecified atom stereocenters. The number of unbranched alkanes of at least 4 members (excludes halogenated alkanes) is 1. The second-order valence-electron chi connectivity index (χ2n) is 5.45. The van der Waals surface area contributed by atoms with Gasteiger partial charge in [-0.3, -0.25) is 0 Å². The zero-order valence-electron chi connectivity index (χ0n) is 12.0. The minimum absolute atomic E-state index is 0.162. The van der Waals surface area contributed by atoms with E-state index in [4.69, 9.17) is 4.74 Å². The van der Waals surface area contributed by atoms with E-state index in [-0.39, 0.29) is 11.9 Å². The molecule has 0 atom stereocenters. The van der Waals surface area contributed by atoms with Crippen molar-refractivity contribution >= 4 is 0 Å². The molecule has 0 bridgehead atoms. The minimum atomic E-state index is -0.242. The van der Waals surface area contributed by atoms with Crippen molar-refractivity contribution in [2.45, 2.75) is 45.6 Å². The number of piperidine rings is 1. The summed E-state index contributed by atoms with van der Waals surface area (Å²) in [5, 5.41) is 0. The lowest BCUT2D eigenvalue weighted by atomic mass is 10.1.